The lowest BCUT2D eigenvalue weighted by Crippen LogP contribution is -2.00. The van der Waals surface area contributed by atoms with Gasteiger partial charge in [-0.05, 0) is 6.42 Å². The number of hydrogen-bond donors (Lipinski definition) is 0. The van der Waals surface area contributed by atoms with Crippen LogP contribution in [0.3, 0.4) is 0 Å². The molecule has 84 valence electrons. The standard InChI is InChI=1S/C11H17ClN2O/c1-2-3-4-5-6-15-11-9-13-8-10(7-12)14-11/h8-9H,2-7H2,1H3. The second kappa shape index (κ2) is 7.46. The molecule has 0 spiro atoms. The van der Waals surface area contributed by atoms with E-state index in [4.69, 9.17) is 16.3 Å². The maximum atomic E-state index is 5.64. The molecule has 0 fully saturated rings. The molecule has 1 rings (SSSR count). The van der Waals surface area contributed by atoms with Crippen molar-refractivity contribution in [1.29, 1.82) is 0 Å². The van der Waals surface area contributed by atoms with E-state index in [1.54, 1.807) is 12.4 Å². The van der Waals surface area contributed by atoms with Crippen LogP contribution in [-0.2, 0) is 5.88 Å². The predicted molar refractivity (Wildman–Crippen MR) is 61.2 cm³/mol. The summed E-state index contributed by atoms with van der Waals surface area (Å²) in [5.74, 6) is 0.949. The highest BCUT2D eigenvalue weighted by molar-refractivity contribution is 6.16. The number of aromatic nitrogens is 2. The quantitative estimate of drug-likeness (QED) is 0.531. The first-order valence-corrected chi connectivity index (χ1v) is 5.90. The van der Waals surface area contributed by atoms with Crippen LogP contribution in [0.2, 0.25) is 0 Å². The molecular weight excluding hydrogens is 212 g/mol. The molecule has 0 unspecified atom stereocenters. The minimum Gasteiger partial charge on any atom is -0.477 e. The minimum absolute atomic E-state index is 0.375. The predicted octanol–water partition coefficient (Wildman–Crippen LogP) is 3.17. The van der Waals surface area contributed by atoms with Crippen LogP contribution in [0.1, 0.15) is 38.3 Å². The smallest absolute Gasteiger partial charge is 0.232 e. The SMILES string of the molecule is CCCCCCOc1cncc(CCl)n1. The van der Waals surface area contributed by atoms with E-state index in [2.05, 4.69) is 16.9 Å². The van der Waals surface area contributed by atoms with Crippen LogP contribution in [0.5, 0.6) is 5.88 Å². The number of halogens is 1. The lowest BCUT2D eigenvalue weighted by atomic mass is 10.2. The molecule has 0 saturated carbocycles. The van der Waals surface area contributed by atoms with Crippen LogP contribution in [-0.4, -0.2) is 16.6 Å². The fourth-order valence-corrected chi connectivity index (χ4v) is 1.35. The van der Waals surface area contributed by atoms with Gasteiger partial charge in [-0.2, -0.15) is 0 Å². The van der Waals surface area contributed by atoms with Crippen molar-refractivity contribution >= 4 is 11.6 Å². The van der Waals surface area contributed by atoms with Gasteiger partial charge in [-0.25, -0.2) is 4.98 Å². The van der Waals surface area contributed by atoms with Crippen molar-refractivity contribution in [3.8, 4) is 5.88 Å². The van der Waals surface area contributed by atoms with Gasteiger partial charge < -0.3 is 4.74 Å². The fourth-order valence-electron chi connectivity index (χ4n) is 1.23. The van der Waals surface area contributed by atoms with Gasteiger partial charge in [-0.15, -0.1) is 11.6 Å². The molecule has 0 saturated heterocycles. The van der Waals surface area contributed by atoms with Crippen molar-refractivity contribution < 1.29 is 4.74 Å². The molecule has 4 heteroatoms. The van der Waals surface area contributed by atoms with E-state index >= 15 is 0 Å². The number of rotatable bonds is 7. The van der Waals surface area contributed by atoms with Gasteiger partial charge in [0.05, 0.1) is 24.4 Å². The molecule has 0 aromatic carbocycles. The van der Waals surface area contributed by atoms with Crippen molar-refractivity contribution in [1.82, 2.24) is 9.97 Å². The zero-order valence-electron chi connectivity index (χ0n) is 9.08. The molecule has 1 heterocycles. The monoisotopic (exact) mass is 228 g/mol. The number of nitrogens with zero attached hydrogens (tertiary/aromatic N) is 2. The van der Waals surface area contributed by atoms with Crippen molar-refractivity contribution in [3.05, 3.63) is 18.1 Å². The Kier molecular flexibility index (Phi) is 6.09. The Balaban J connectivity index is 2.24. The third-order valence-corrected chi connectivity index (χ3v) is 2.32. The average molecular weight is 229 g/mol. The highest BCUT2D eigenvalue weighted by Crippen LogP contribution is 2.08. The zero-order chi connectivity index (χ0) is 10.9. The lowest BCUT2D eigenvalue weighted by Gasteiger charge is -2.04. The zero-order valence-corrected chi connectivity index (χ0v) is 9.83. The van der Waals surface area contributed by atoms with E-state index in [1.165, 1.54) is 19.3 Å². The molecule has 3 nitrogen and oxygen atoms in total. The Morgan fingerprint density at radius 1 is 1.27 bits per heavy atom. The van der Waals surface area contributed by atoms with Crippen molar-refractivity contribution in [2.45, 2.75) is 38.5 Å². The molecule has 15 heavy (non-hydrogen) atoms. The van der Waals surface area contributed by atoms with E-state index < -0.39 is 0 Å². The highest BCUT2D eigenvalue weighted by atomic mass is 35.5. The minimum atomic E-state index is 0.375. The molecule has 0 atom stereocenters. The molecule has 1 aromatic rings. The van der Waals surface area contributed by atoms with Crippen LogP contribution in [0.15, 0.2) is 12.4 Å². The Labute approximate surface area is 95.8 Å². The fraction of sp³-hybridized carbons (Fsp3) is 0.636. The maximum Gasteiger partial charge on any atom is 0.232 e. The first-order valence-electron chi connectivity index (χ1n) is 5.36. The van der Waals surface area contributed by atoms with Crippen LogP contribution < -0.4 is 4.74 Å². The van der Waals surface area contributed by atoms with E-state index in [1.807, 2.05) is 0 Å². The third kappa shape index (κ3) is 4.98. The van der Waals surface area contributed by atoms with Gasteiger partial charge in [-0.3, -0.25) is 4.98 Å². The molecule has 0 aliphatic rings. The molecule has 0 bridgehead atoms. The van der Waals surface area contributed by atoms with Gasteiger partial charge in [-0.1, -0.05) is 26.2 Å². The summed E-state index contributed by atoms with van der Waals surface area (Å²) in [4.78, 5) is 8.19. The Hall–Kier alpha value is -0.830. The molecule has 0 aliphatic heterocycles. The summed E-state index contributed by atoms with van der Waals surface area (Å²) in [5.41, 5.74) is 0.753. The van der Waals surface area contributed by atoms with E-state index in [-0.39, 0.29) is 0 Å². The third-order valence-electron chi connectivity index (χ3n) is 2.05. The van der Waals surface area contributed by atoms with Crippen LogP contribution >= 0.6 is 11.6 Å². The Morgan fingerprint density at radius 3 is 2.87 bits per heavy atom. The number of unbranched alkanes of at least 4 members (excludes halogenated alkanes) is 3. The number of hydrogen-bond acceptors (Lipinski definition) is 3. The Morgan fingerprint density at radius 2 is 2.13 bits per heavy atom. The van der Waals surface area contributed by atoms with Gasteiger partial charge in [0.15, 0.2) is 0 Å². The number of alkyl halides is 1. The topological polar surface area (TPSA) is 35.0 Å². The molecule has 0 amide bonds. The van der Waals surface area contributed by atoms with Crippen LogP contribution in [0.25, 0.3) is 0 Å². The van der Waals surface area contributed by atoms with E-state index in [0.717, 1.165) is 12.1 Å². The largest absolute Gasteiger partial charge is 0.477 e. The molecule has 0 N–H and O–H groups in total. The second-order valence-corrected chi connectivity index (χ2v) is 3.66. The van der Waals surface area contributed by atoms with Crippen LogP contribution in [0, 0.1) is 0 Å². The van der Waals surface area contributed by atoms with Crippen LogP contribution in [0.4, 0.5) is 0 Å². The summed E-state index contributed by atoms with van der Waals surface area (Å²) in [6.07, 6.45) is 8.05. The second-order valence-electron chi connectivity index (χ2n) is 3.39. The van der Waals surface area contributed by atoms with E-state index in [9.17, 15) is 0 Å². The van der Waals surface area contributed by atoms with E-state index in [0.29, 0.717) is 18.4 Å². The van der Waals surface area contributed by atoms with Gasteiger partial charge in [0.1, 0.15) is 0 Å². The van der Waals surface area contributed by atoms with Crippen molar-refractivity contribution in [2.24, 2.45) is 0 Å². The van der Waals surface area contributed by atoms with Gasteiger partial charge in [0.2, 0.25) is 5.88 Å². The highest BCUT2D eigenvalue weighted by Gasteiger charge is 1.98. The van der Waals surface area contributed by atoms with Crippen molar-refractivity contribution in [2.75, 3.05) is 6.61 Å². The summed E-state index contributed by atoms with van der Waals surface area (Å²) in [6, 6.07) is 0. The average Bonchev–Trinajstić information content (AvgIpc) is 2.29. The summed E-state index contributed by atoms with van der Waals surface area (Å²) in [7, 11) is 0. The number of ether oxygens (including phenoxy) is 1. The summed E-state index contributed by atoms with van der Waals surface area (Å²) in [6.45, 7) is 2.90. The first kappa shape index (κ1) is 12.2. The summed E-state index contributed by atoms with van der Waals surface area (Å²) >= 11 is 5.64. The van der Waals surface area contributed by atoms with Gasteiger partial charge in [0, 0.05) is 6.20 Å². The van der Waals surface area contributed by atoms with Crippen molar-refractivity contribution in [3.63, 3.8) is 0 Å². The first-order chi connectivity index (χ1) is 7.36. The summed E-state index contributed by atoms with van der Waals surface area (Å²) < 4.78 is 5.46. The lowest BCUT2D eigenvalue weighted by molar-refractivity contribution is 0.292. The molecule has 0 radical (unpaired) electrons. The normalized spacial score (nSPS) is 10.3. The molecular formula is C11H17ClN2O. The Bertz CT molecular complexity index is 281. The maximum absolute atomic E-state index is 5.64. The molecule has 0 aliphatic carbocycles. The van der Waals surface area contributed by atoms with Gasteiger partial charge in [0.25, 0.3) is 0 Å². The summed E-state index contributed by atoms with van der Waals surface area (Å²) in [5, 5.41) is 0. The molecule has 1 aromatic heterocycles. The van der Waals surface area contributed by atoms with Gasteiger partial charge >= 0.3 is 0 Å².